The van der Waals surface area contributed by atoms with Crippen molar-refractivity contribution in [1.29, 1.82) is 0 Å². The molecule has 0 aliphatic carbocycles. The molecule has 0 aromatic heterocycles. The Balaban J connectivity index is 0.000000642. The molecule has 0 radical (unpaired) electrons. The Morgan fingerprint density at radius 2 is 1.65 bits per heavy atom. The van der Waals surface area contributed by atoms with E-state index in [0.29, 0.717) is 18.7 Å². The number of aliphatic carboxylic acids is 1. The van der Waals surface area contributed by atoms with Gasteiger partial charge in [-0.05, 0) is 51.1 Å². The Bertz CT molecular complexity index is 2630. The Morgan fingerprint density at radius 3 is 2.26 bits per heavy atom. The molecule has 4 heterocycles. The highest BCUT2D eigenvalue weighted by Gasteiger charge is 2.50. The number of piperazine rings is 1. The fourth-order valence-corrected chi connectivity index (χ4v) is 8.93. The van der Waals surface area contributed by atoms with Crippen molar-refractivity contribution in [3.05, 3.63) is 88.5 Å². The van der Waals surface area contributed by atoms with Gasteiger partial charge in [-0.3, -0.25) is 24.2 Å². The minimum Gasteiger partial charge on any atom is -0.507 e. The SMILES string of the molecule is CO[C@H]1/C=C/O[C@@]2(C)Oc3c(C)c(O)c4c(O)c(c(/C=N\N5CCN(C)CC5)c(O)c4c3C2=O)NC(=O)/C(C)=C\C=C\[C@@H](C)[C@H](O)[C@@H](C)[C@H](O)[C@@H](C)[C@H](OC(C)=O)[C@@H]1C.NC(Cc1cccc(F)c1)C(=O)O. The van der Waals surface area contributed by atoms with E-state index < -0.39 is 101 Å². The Hall–Kier alpha value is -6.58. The summed E-state index contributed by atoms with van der Waals surface area (Å²) >= 11 is 0. The first kappa shape index (κ1) is 56.3. The van der Waals surface area contributed by atoms with Crippen molar-refractivity contribution in [1.82, 2.24) is 9.91 Å². The van der Waals surface area contributed by atoms with Crippen LogP contribution in [0.3, 0.4) is 0 Å². The van der Waals surface area contributed by atoms with Gasteiger partial charge in [-0.1, -0.05) is 58.1 Å². The van der Waals surface area contributed by atoms with Gasteiger partial charge in [-0.2, -0.15) is 5.10 Å². The molecule has 3 aromatic carbocycles. The number of ketones is 1. The third kappa shape index (κ3) is 12.5. The molecular weight excluding hydrogens is 938 g/mol. The normalized spacial score (nSPS) is 28.5. The number of hydrogen-bond donors (Lipinski definition) is 8. The molecule has 0 spiro atoms. The number of fused-ring (bicyclic) bond motifs is 14. The molecule has 10 atom stereocenters. The lowest BCUT2D eigenvalue weighted by Crippen LogP contribution is -2.46. The van der Waals surface area contributed by atoms with Crippen LogP contribution in [0.25, 0.3) is 10.8 Å². The van der Waals surface area contributed by atoms with Crippen LogP contribution in [-0.4, -0.2) is 147 Å². The van der Waals surface area contributed by atoms with Crippen LogP contribution in [0, 0.1) is 36.4 Å². The molecule has 4 aliphatic rings. The largest absolute Gasteiger partial charge is 0.507 e. The predicted molar refractivity (Wildman–Crippen MR) is 266 cm³/mol. The van der Waals surface area contributed by atoms with Crippen LogP contribution in [0.2, 0.25) is 0 Å². The van der Waals surface area contributed by atoms with E-state index in [0.717, 1.165) is 13.1 Å². The minimum absolute atomic E-state index is 0.0559. The molecule has 7 rings (SSSR count). The third-order valence-corrected chi connectivity index (χ3v) is 13.5. The molecule has 1 unspecified atom stereocenters. The molecule has 72 heavy (non-hydrogen) atoms. The summed E-state index contributed by atoms with van der Waals surface area (Å²) in [6.07, 6.45) is 5.01. The Kier molecular flexibility index (Phi) is 18.6. The lowest BCUT2D eigenvalue weighted by molar-refractivity contribution is -0.160. The highest BCUT2D eigenvalue weighted by Crippen LogP contribution is 2.55. The number of amides is 1. The summed E-state index contributed by atoms with van der Waals surface area (Å²) in [5.74, 6) is -9.80. The van der Waals surface area contributed by atoms with Crippen LogP contribution in [0.4, 0.5) is 10.1 Å². The zero-order valence-electron chi connectivity index (χ0n) is 42.3. The number of nitrogens with one attached hydrogen (secondary N) is 1. The molecule has 1 saturated heterocycles. The van der Waals surface area contributed by atoms with Gasteiger partial charge in [0, 0.05) is 87.3 Å². The van der Waals surface area contributed by atoms with Crippen LogP contribution in [0.15, 0.2) is 65.5 Å². The molecule has 1 amide bonds. The molecule has 3 aromatic rings. The third-order valence-electron chi connectivity index (χ3n) is 13.5. The highest BCUT2D eigenvalue weighted by atomic mass is 19.1. The van der Waals surface area contributed by atoms with Gasteiger partial charge in [0.1, 0.15) is 35.2 Å². The van der Waals surface area contributed by atoms with Gasteiger partial charge in [-0.25, -0.2) is 4.39 Å². The summed E-state index contributed by atoms with van der Waals surface area (Å²) in [6, 6.07) is 4.78. The fraction of sp³-hybridized carbons (Fsp3) is 0.481. The van der Waals surface area contributed by atoms with E-state index in [1.165, 1.54) is 77.6 Å². The summed E-state index contributed by atoms with van der Waals surface area (Å²) in [5, 5.41) is 75.3. The van der Waals surface area contributed by atoms with Gasteiger partial charge in [0.25, 0.3) is 11.7 Å². The van der Waals surface area contributed by atoms with Crippen LogP contribution >= 0.6 is 0 Å². The number of rotatable bonds is 7. The summed E-state index contributed by atoms with van der Waals surface area (Å²) < 4.78 is 36.2. The van der Waals surface area contributed by atoms with Crippen molar-refractivity contribution in [2.45, 2.75) is 98.1 Å². The number of benzene rings is 3. The monoisotopic (exact) mass is 1010 g/mol. The molecule has 20 heteroatoms. The summed E-state index contributed by atoms with van der Waals surface area (Å²) in [5.41, 5.74) is 5.52. The number of hydrazone groups is 1. The predicted octanol–water partition coefficient (Wildman–Crippen LogP) is 5.12. The van der Waals surface area contributed by atoms with E-state index in [1.807, 2.05) is 7.05 Å². The van der Waals surface area contributed by atoms with Crippen molar-refractivity contribution in [3.8, 4) is 23.0 Å². The Labute approximate surface area is 418 Å². The molecule has 1 fully saturated rings. The number of Topliss-reactive ketones (excluding diaryl/α,β-unsaturated/α-hetero) is 1. The lowest BCUT2D eigenvalue weighted by atomic mass is 9.78. The van der Waals surface area contributed by atoms with Crippen molar-refractivity contribution in [2.75, 3.05) is 45.7 Å². The molecule has 5 bridgehead atoms. The minimum atomic E-state index is -2.04. The van der Waals surface area contributed by atoms with Gasteiger partial charge in [0.05, 0.1) is 53.0 Å². The number of esters is 1. The van der Waals surface area contributed by atoms with Crippen LogP contribution < -0.4 is 15.8 Å². The number of aliphatic hydroxyl groups excluding tert-OH is 2. The standard InChI is InChI=1S/C43H58N4O12.C9H10FNO2/c1-21-12-11-13-22(2)42(55)45-33-28(20-44-47-17-15-46(9)16-18-47)37(52)30-31(38(33)53)36(51)26(6)40-32(30)41(54)43(8,59-40)57-19-14-29(56-10)23(3)39(58-27(7)48)25(5)35(50)24(4)34(21)49;10-7-3-1-2-6(4-7)5-8(11)9(12)13/h11-14,19-21,23-25,29,34-35,39,49-53H,15-18H2,1-10H3,(H,45,55);1-4,8H,5,11H2,(H,12,13)/b12-11+,19-14+,22-13-,44-20-;/t21-,23-,24-,25-,29+,34+,35+,39-,43+;/m1./s1. The zero-order valence-corrected chi connectivity index (χ0v) is 42.3. The summed E-state index contributed by atoms with van der Waals surface area (Å²) in [7, 11) is 3.42. The number of nitrogens with zero attached hydrogens (tertiary/aromatic N) is 3. The Morgan fingerprint density at radius 1 is 0.986 bits per heavy atom. The first-order valence-corrected chi connectivity index (χ1v) is 23.6. The maximum Gasteiger partial charge on any atom is 0.320 e. The first-order chi connectivity index (χ1) is 33.8. The number of carboxylic acid groups (broad SMARTS) is 1. The second-order valence-electron chi connectivity index (χ2n) is 18.9. The van der Waals surface area contributed by atoms with Crippen molar-refractivity contribution in [3.63, 3.8) is 0 Å². The lowest BCUT2D eigenvalue weighted by Gasteiger charge is -2.38. The number of carbonyl (C=O) groups excluding carboxylic acids is 3. The van der Waals surface area contributed by atoms with E-state index in [-0.39, 0.29) is 56.7 Å². The summed E-state index contributed by atoms with van der Waals surface area (Å²) in [6.45, 7) is 15.1. The molecule has 4 aliphatic heterocycles. The van der Waals surface area contributed by atoms with Gasteiger partial charge in [0.15, 0.2) is 5.75 Å². The number of nitrogens with two attached hydrogens (primary N) is 1. The fourth-order valence-electron chi connectivity index (χ4n) is 8.93. The number of aliphatic hydroxyl groups is 2. The van der Waals surface area contributed by atoms with Crippen molar-refractivity contribution in [2.24, 2.45) is 34.5 Å². The molecular formula is C52H68FN5O14. The van der Waals surface area contributed by atoms with Crippen LogP contribution in [0.1, 0.15) is 75.5 Å². The van der Waals surface area contributed by atoms with E-state index in [1.54, 1.807) is 50.9 Å². The second-order valence-corrected chi connectivity index (χ2v) is 18.9. The average molecular weight is 1010 g/mol. The van der Waals surface area contributed by atoms with Crippen LogP contribution in [-0.2, 0) is 35.0 Å². The van der Waals surface area contributed by atoms with E-state index in [4.69, 9.17) is 29.8 Å². The van der Waals surface area contributed by atoms with Gasteiger partial charge in [-0.15, -0.1) is 0 Å². The number of allylic oxidation sites excluding steroid dienone is 2. The quantitative estimate of drug-likeness (QED) is 0.0660. The topological polar surface area (TPSA) is 283 Å². The number of phenols is 3. The first-order valence-electron chi connectivity index (χ1n) is 23.6. The number of carbonyl (C=O) groups is 4. The number of halogens is 1. The smallest absolute Gasteiger partial charge is 0.320 e. The van der Waals surface area contributed by atoms with E-state index in [2.05, 4.69) is 15.3 Å². The van der Waals surface area contributed by atoms with Crippen LogP contribution in [0.5, 0.6) is 23.0 Å². The van der Waals surface area contributed by atoms with Crippen molar-refractivity contribution < 1.29 is 73.2 Å². The number of anilines is 1. The maximum atomic E-state index is 14.4. The zero-order chi connectivity index (χ0) is 53.5. The average Bonchev–Trinajstić information content (AvgIpc) is 3.60. The summed E-state index contributed by atoms with van der Waals surface area (Å²) in [4.78, 5) is 53.0. The van der Waals surface area contributed by atoms with E-state index in [9.17, 15) is 49.1 Å². The molecule has 19 nitrogen and oxygen atoms in total. The number of aromatic hydroxyl groups is 3. The number of likely N-dealkylation sites (N-methyl/N-ethyl adjacent to an activating group) is 1. The molecule has 392 valence electrons. The number of methoxy groups -OCH3 is 1. The molecule has 0 saturated carbocycles. The van der Waals surface area contributed by atoms with E-state index >= 15 is 0 Å². The number of hydrogen-bond acceptors (Lipinski definition) is 17. The number of carboxylic acids is 1. The second kappa shape index (κ2) is 23.8. The van der Waals surface area contributed by atoms with Gasteiger partial charge >= 0.3 is 17.7 Å². The van der Waals surface area contributed by atoms with Crippen molar-refractivity contribution >= 4 is 46.3 Å². The van der Waals surface area contributed by atoms with Gasteiger partial charge in [0.2, 0.25) is 0 Å². The maximum absolute atomic E-state index is 14.4. The molecule has 9 N–H and O–H groups in total. The van der Waals surface area contributed by atoms with Gasteiger partial charge < -0.3 is 65.5 Å². The highest BCUT2D eigenvalue weighted by molar-refractivity contribution is 6.23. The number of ether oxygens (including phenoxy) is 4. The number of phenolic OH excluding ortho intramolecular Hbond substituents is 3.